The average molecular weight is 235 g/mol. The van der Waals surface area contributed by atoms with Gasteiger partial charge in [0, 0.05) is 25.7 Å². The largest absolute Gasteiger partial charge is 0.338 e. The van der Waals surface area contributed by atoms with Gasteiger partial charge in [0.25, 0.3) is 0 Å². The van der Waals surface area contributed by atoms with Gasteiger partial charge in [0.2, 0.25) is 5.91 Å². The lowest BCUT2D eigenvalue weighted by Gasteiger charge is -2.39. The molecule has 1 aliphatic rings. The summed E-state index contributed by atoms with van der Waals surface area (Å²) in [6.45, 7) is 10.1. The molecule has 0 radical (unpaired) electrons. The van der Waals surface area contributed by atoms with Crippen molar-refractivity contribution in [1.82, 2.24) is 14.7 Å². The number of hydrogen-bond acceptors (Lipinski definition) is 2. The number of likely N-dealkylation sites (tertiary alicyclic amines) is 1. The van der Waals surface area contributed by atoms with Crippen molar-refractivity contribution in [2.24, 2.45) is 0 Å². The molecular weight excluding hydrogens is 214 g/mol. The predicted molar refractivity (Wildman–Crippen MR) is 66.8 cm³/mol. The van der Waals surface area contributed by atoms with Crippen molar-refractivity contribution >= 4 is 5.91 Å². The second-order valence-electron chi connectivity index (χ2n) is 5.77. The Morgan fingerprint density at radius 2 is 2.12 bits per heavy atom. The summed E-state index contributed by atoms with van der Waals surface area (Å²) in [4.78, 5) is 13.3. The van der Waals surface area contributed by atoms with E-state index < -0.39 is 0 Å². The Balaban J connectivity index is 1.98. The zero-order chi connectivity index (χ0) is 12.6. The highest BCUT2D eigenvalue weighted by Gasteiger charge is 2.32. The molecular formula is C13H21N3O. The van der Waals surface area contributed by atoms with Gasteiger partial charge in [0.15, 0.2) is 0 Å². The zero-order valence-corrected chi connectivity index (χ0v) is 11.1. The van der Waals surface area contributed by atoms with E-state index in [1.807, 2.05) is 22.7 Å². The van der Waals surface area contributed by atoms with Gasteiger partial charge in [-0.1, -0.05) is 27.7 Å². The summed E-state index contributed by atoms with van der Waals surface area (Å²) in [5.41, 5.74) is 1.39. The molecule has 0 aromatic carbocycles. The Labute approximate surface area is 103 Å². The minimum Gasteiger partial charge on any atom is -0.338 e. The van der Waals surface area contributed by atoms with Crippen molar-refractivity contribution in [3.63, 3.8) is 0 Å². The highest BCUT2D eigenvalue weighted by Crippen LogP contribution is 2.25. The van der Waals surface area contributed by atoms with Crippen LogP contribution in [0.25, 0.3) is 0 Å². The van der Waals surface area contributed by atoms with Crippen LogP contribution < -0.4 is 0 Å². The average Bonchev–Trinajstić information content (AvgIpc) is 2.63. The van der Waals surface area contributed by atoms with Crippen molar-refractivity contribution in [3.05, 3.63) is 18.0 Å². The fraction of sp³-hybridized carbons (Fsp3) is 0.692. The van der Waals surface area contributed by atoms with Gasteiger partial charge in [0.1, 0.15) is 0 Å². The van der Waals surface area contributed by atoms with Gasteiger partial charge >= 0.3 is 0 Å². The molecule has 2 rings (SSSR count). The van der Waals surface area contributed by atoms with Crippen LogP contribution in [0.4, 0.5) is 0 Å². The number of carbonyl (C=O) groups is 1. The quantitative estimate of drug-likeness (QED) is 0.786. The highest BCUT2D eigenvalue weighted by molar-refractivity contribution is 5.76. The summed E-state index contributed by atoms with van der Waals surface area (Å²) in [6.07, 6.45) is 4.64. The van der Waals surface area contributed by atoms with E-state index >= 15 is 0 Å². The molecule has 0 aliphatic carbocycles. The molecule has 1 amide bonds. The molecule has 94 valence electrons. The Hall–Kier alpha value is -1.32. The van der Waals surface area contributed by atoms with Crippen LogP contribution >= 0.6 is 0 Å². The maximum atomic E-state index is 11.4. The molecule has 0 unspecified atom stereocenters. The topological polar surface area (TPSA) is 38.1 Å². The van der Waals surface area contributed by atoms with Crippen LogP contribution in [0.15, 0.2) is 12.4 Å². The molecule has 0 spiro atoms. The van der Waals surface area contributed by atoms with E-state index in [1.54, 1.807) is 0 Å². The van der Waals surface area contributed by atoms with E-state index in [0.29, 0.717) is 12.5 Å². The predicted octanol–water partition coefficient (Wildman–Crippen LogP) is 1.97. The van der Waals surface area contributed by atoms with Gasteiger partial charge < -0.3 is 4.90 Å². The SMILES string of the molecule is CCC(=O)N1CC(n2cc(C(C)(C)C)cn2)C1. The molecule has 0 N–H and O–H groups in total. The van der Waals surface area contributed by atoms with Gasteiger partial charge in [-0.15, -0.1) is 0 Å². The first-order valence-electron chi connectivity index (χ1n) is 6.24. The number of hydrogen-bond donors (Lipinski definition) is 0. The lowest BCUT2D eigenvalue weighted by atomic mass is 9.90. The van der Waals surface area contributed by atoms with Gasteiger partial charge in [-0.3, -0.25) is 9.48 Å². The molecule has 4 heteroatoms. The number of amides is 1. The van der Waals surface area contributed by atoms with Gasteiger partial charge in [-0.2, -0.15) is 5.10 Å². The normalized spacial score (nSPS) is 17.1. The van der Waals surface area contributed by atoms with Crippen molar-refractivity contribution < 1.29 is 4.79 Å². The van der Waals surface area contributed by atoms with Gasteiger partial charge in [-0.25, -0.2) is 0 Å². The van der Waals surface area contributed by atoms with Crippen LogP contribution in [0.1, 0.15) is 45.7 Å². The van der Waals surface area contributed by atoms with Crippen LogP contribution in [-0.4, -0.2) is 33.7 Å². The molecule has 1 saturated heterocycles. The van der Waals surface area contributed by atoms with Gasteiger partial charge in [0.05, 0.1) is 12.2 Å². The van der Waals surface area contributed by atoms with E-state index in [-0.39, 0.29) is 11.3 Å². The van der Waals surface area contributed by atoms with Gasteiger partial charge in [-0.05, 0) is 11.0 Å². The minimum atomic E-state index is 0.140. The number of aromatic nitrogens is 2. The molecule has 1 fully saturated rings. The standard InChI is InChI=1S/C13H21N3O/c1-5-12(17)15-8-11(9-15)16-7-10(6-14-16)13(2,3)4/h6-7,11H,5,8-9H2,1-4H3. The Kier molecular flexibility index (Phi) is 2.98. The summed E-state index contributed by atoms with van der Waals surface area (Å²) in [5.74, 6) is 0.240. The summed E-state index contributed by atoms with van der Waals surface area (Å²) < 4.78 is 2.00. The molecule has 1 aromatic heterocycles. The van der Waals surface area contributed by atoms with Crippen LogP contribution in [0.2, 0.25) is 0 Å². The molecule has 0 bridgehead atoms. The summed E-state index contributed by atoms with van der Waals surface area (Å²) in [7, 11) is 0. The molecule has 2 heterocycles. The fourth-order valence-electron chi connectivity index (χ4n) is 1.97. The maximum Gasteiger partial charge on any atom is 0.222 e. The molecule has 0 saturated carbocycles. The van der Waals surface area contributed by atoms with E-state index in [0.717, 1.165) is 13.1 Å². The van der Waals surface area contributed by atoms with Crippen molar-refractivity contribution in [2.45, 2.75) is 45.6 Å². The lowest BCUT2D eigenvalue weighted by molar-refractivity contribution is -0.136. The third kappa shape index (κ3) is 2.35. The third-order valence-corrected chi connectivity index (χ3v) is 3.36. The minimum absolute atomic E-state index is 0.140. The van der Waals surface area contributed by atoms with E-state index in [2.05, 4.69) is 32.1 Å². The van der Waals surface area contributed by atoms with E-state index in [1.165, 1.54) is 5.56 Å². The Bertz CT molecular complexity index is 411. The molecule has 0 atom stereocenters. The Morgan fingerprint density at radius 1 is 1.47 bits per heavy atom. The van der Waals surface area contributed by atoms with E-state index in [4.69, 9.17) is 0 Å². The number of rotatable bonds is 2. The van der Waals surface area contributed by atoms with Crippen LogP contribution in [0.5, 0.6) is 0 Å². The molecule has 4 nitrogen and oxygen atoms in total. The first kappa shape index (κ1) is 12.1. The lowest BCUT2D eigenvalue weighted by Crippen LogP contribution is -2.50. The van der Waals surface area contributed by atoms with Crippen molar-refractivity contribution in [3.8, 4) is 0 Å². The monoisotopic (exact) mass is 235 g/mol. The highest BCUT2D eigenvalue weighted by atomic mass is 16.2. The number of carbonyl (C=O) groups excluding carboxylic acids is 1. The zero-order valence-electron chi connectivity index (χ0n) is 11.1. The van der Waals surface area contributed by atoms with Crippen molar-refractivity contribution in [2.75, 3.05) is 13.1 Å². The molecule has 17 heavy (non-hydrogen) atoms. The van der Waals surface area contributed by atoms with E-state index in [9.17, 15) is 4.79 Å². The van der Waals surface area contributed by atoms with Crippen molar-refractivity contribution in [1.29, 1.82) is 0 Å². The molecule has 1 aromatic rings. The van der Waals surface area contributed by atoms with Crippen LogP contribution in [0.3, 0.4) is 0 Å². The second kappa shape index (κ2) is 4.17. The second-order valence-corrected chi connectivity index (χ2v) is 5.77. The fourth-order valence-corrected chi connectivity index (χ4v) is 1.97. The first-order chi connectivity index (χ1) is 7.91. The summed E-state index contributed by atoms with van der Waals surface area (Å²) in [6, 6.07) is 0.363. The summed E-state index contributed by atoms with van der Waals surface area (Å²) >= 11 is 0. The number of nitrogens with zero attached hydrogens (tertiary/aromatic N) is 3. The summed E-state index contributed by atoms with van der Waals surface area (Å²) in [5, 5.41) is 4.40. The Morgan fingerprint density at radius 3 is 2.59 bits per heavy atom. The van der Waals surface area contributed by atoms with Crippen LogP contribution in [0, 0.1) is 0 Å². The smallest absolute Gasteiger partial charge is 0.222 e. The molecule has 1 aliphatic heterocycles. The third-order valence-electron chi connectivity index (χ3n) is 3.36. The van der Waals surface area contributed by atoms with Crippen LogP contribution in [-0.2, 0) is 10.2 Å². The first-order valence-corrected chi connectivity index (χ1v) is 6.24. The maximum absolute atomic E-state index is 11.4.